The monoisotopic (exact) mass is 267 g/mol. The lowest BCUT2D eigenvalue weighted by molar-refractivity contribution is 0.102. The number of carbonyl (C=O) groups excluding carboxylic acids is 1. The van der Waals surface area contributed by atoms with Crippen LogP contribution < -0.4 is 10.9 Å². The molecule has 0 bridgehead atoms. The number of H-pyrrole nitrogens is 1. The van der Waals surface area contributed by atoms with E-state index in [4.69, 9.17) is 11.6 Å². The van der Waals surface area contributed by atoms with E-state index in [1.807, 2.05) is 0 Å². The predicted octanol–water partition coefficient (Wildman–Crippen LogP) is 1.81. The van der Waals surface area contributed by atoms with Gasteiger partial charge in [-0.05, 0) is 18.2 Å². The van der Waals surface area contributed by atoms with Gasteiger partial charge in [0.2, 0.25) is 0 Å². The van der Waals surface area contributed by atoms with Crippen LogP contribution >= 0.6 is 11.6 Å². The molecule has 0 atom stereocenters. The fourth-order valence-corrected chi connectivity index (χ4v) is 1.43. The van der Waals surface area contributed by atoms with Crippen LogP contribution in [-0.4, -0.2) is 16.1 Å². The molecule has 0 aliphatic rings. The molecule has 0 saturated heterocycles. The number of anilines is 1. The quantitative estimate of drug-likeness (QED) is 0.871. The standard InChI is InChI=1S/C11H7ClFN3O2/c12-6-2-1-3-7(10(6)13)14-11(18)8-4-5-9(17)16-15-8/h1-5H,(H,14,18)(H,16,17). The van der Waals surface area contributed by atoms with Crippen molar-refractivity contribution in [2.24, 2.45) is 0 Å². The molecule has 0 unspecified atom stereocenters. The predicted molar refractivity (Wildman–Crippen MR) is 64.2 cm³/mol. The number of amides is 1. The van der Waals surface area contributed by atoms with Crippen LogP contribution in [0.4, 0.5) is 10.1 Å². The van der Waals surface area contributed by atoms with Crippen molar-refractivity contribution in [1.29, 1.82) is 0 Å². The minimum atomic E-state index is -0.725. The first-order chi connectivity index (χ1) is 8.58. The second-order valence-corrected chi connectivity index (χ2v) is 3.77. The number of aromatic amines is 1. The molecule has 0 saturated carbocycles. The summed E-state index contributed by atoms with van der Waals surface area (Å²) < 4.78 is 13.5. The molecule has 0 fully saturated rings. The zero-order valence-electron chi connectivity index (χ0n) is 8.91. The molecular weight excluding hydrogens is 261 g/mol. The molecule has 5 nitrogen and oxygen atoms in total. The van der Waals surface area contributed by atoms with Crippen molar-refractivity contribution >= 4 is 23.2 Å². The number of nitrogens with zero attached hydrogens (tertiary/aromatic N) is 1. The van der Waals surface area contributed by atoms with Crippen LogP contribution in [0.5, 0.6) is 0 Å². The van der Waals surface area contributed by atoms with Crippen molar-refractivity contribution in [1.82, 2.24) is 10.2 Å². The Labute approximate surface area is 106 Å². The van der Waals surface area contributed by atoms with Gasteiger partial charge in [-0.15, -0.1) is 0 Å². The highest BCUT2D eigenvalue weighted by Crippen LogP contribution is 2.22. The third kappa shape index (κ3) is 2.54. The zero-order valence-corrected chi connectivity index (χ0v) is 9.66. The Morgan fingerprint density at radius 1 is 1.33 bits per heavy atom. The summed E-state index contributed by atoms with van der Waals surface area (Å²) in [5.74, 6) is -1.37. The molecule has 18 heavy (non-hydrogen) atoms. The molecule has 0 aliphatic heterocycles. The molecule has 7 heteroatoms. The third-order valence-electron chi connectivity index (χ3n) is 2.11. The van der Waals surface area contributed by atoms with Gasteiger partial charge in [-0.1, -0.05) is 17.7 Å². The van der Waals surface area contributed by atoms with Crippen molar-refractivity contribution in [3.63, 3.8) is 0 Å². The van der Waals surface area contributed by atoms with Gasteiger partial charge in [0.15, 0.2) is 5.82 Å². The summed E-state index contributed by atoms with van der Waals surface area (Å²) in [6, 6.07) is 6.61. The normalized spacial score (nSPS) is 10.1. The summed E-state index contributed by atoms with van der Waals surface area (Å²) in [4.78, 5) is 22.5. The average molecular weight is 268 g/mol. The maximum absolute atomic E-state index is 13.5. The summed E-state index contributed by atoms with van der Waals surface area (Å²) in [5, 5.41) is 7.84. The smallest absolute Gasteiger partial charge is 0.276 e. The Kier molecular flexibility index (Phi) is 3.38. The van der Waals surface area contributed by atoms with Crippen LogP contribution in [0.1, 0.15) is 10.5 Å². The van der Waals surface area contributed by atoms with Gasteiger partial charge in [-0.25, -0.2) is 9.49 Å². The lowest BCUT2D eigenvalue weighted by Crippen LogP contribution is -2.18. The third-order valence-corrected chi connectivity index (χ3v) is 2.40. The van der Waals surface area contributed by atoms with Gasteiger partial charge in [0, 0.05) is 6.07 Å². The van der Waals surface area contributed by atoms with Crippen molar-refractivity contribution in [2.45, 2.75) is 0 Å². The topological polar surface area (TPSA) is 74.8 Å². The van der Waals surface area contributed by atoms with Crippen LogP contribution in [0.15, 0.2) is 35.1 Å². The first kappa shape index (κ1) is 12.3. The van der Waals surface area contributed by atoms with Crippen molar-refractivity contribution in [3.05, 3.63) is 57.2 Å². The Balaban J connectivity index is 2.24. The fraction of sp³-hybridized carbons (Fsp3) is 0. The Morgan fingerprint density at radius 2 is 2.11 bits per heavy atom. The summed E-state index contributed by atoms with van der Waals surface area (Å²) >= 11 is 5.57. The second kappa shape index (κ2) is 4.97. The maximum atomic E-state index is 13.5. The fourth-order valence-electron chi connectivity index (χ4n) is 1.26. The average Bonchev–Trinajstić information content (AvgIpc) is 2.36. The zero-order chi connectivity index (χ0) is 13.1. The molecule has 2 rings (SSSR count). The summed E-state index contributed by atoms with van der Waals surface area (Å²) in [6.07, 6.45) is 0. The number of halogens is 2. The van der Waals surface area contributed by atoms with Gasteiger partial charge in [-0.2, -0.15) is 5.10 Å². The summed E-state index contributed by atoms with van der Waals surface area (Å²) in [7, 11) is 0. The van der Waals surface area contributed by atoms with Crippen LogP contribution in [-0.2, 0) is 0 Å². The molecule has 1 heterocycles. The van der Waals surface area contributed by atoms with E-state index in [1.165, 1.54) is 24.3 Å². The Bertz CT molecular complexity index is 636. The van der Waals surface area contributed by atoms with Gasteiger partial charge in [-0.3, -0.25) is 9.59 Å². The molecule has 1 aromatic heterocycles. The van der Waals surface area contributed by atoms with Gasteiger partial charge >= 0.3 is 0 Å². The Hall–Kier alpha value is -2.21. The minimum absolute atomic E-state index is 0.0334. The first-order valence-corrected chi connectivity index (χ1v) is 5.27. The van der Waals surface area contributed by atoms with E-state index in [0.717, 1.165) is 6.07 Å². The van der Waals surface area contributed by atoms with Crippen LogP contribution in [0.2, 0.25) is 5.02 Å². The second-order valence-electron chi connectivity index (χ2n) is 3.36. The summed E-state index contributed by atoms with van der Waals surface area (Å²) in [5.41, 5.74) is -0.519. The molecule has 1 amide bonds. The van der Waals surface area contributed by atoms with E-state index in [-0.39, 0.29) is 16.4 Å². The number of hydrogen-bond donors (Lipinski definition) is 2. The molecule has 92 valence electrons. The van der Waals surface area contributed by atoms with Crippen LogP contribution in [0, 0.1) is 5.82 Å². The molecule has 0 spiro atoms. The summed E-state index contributed by atoms with van der Waals surface area (Å²) in [6.45, 7) is 0. The van der Waals surface area contributed by atoms with Gasteiger partial charge < -0.3 is 5.32 Å². The highest BCUT2D eigenvalue weighted by Gasteiger charge is 2.12. The SMILES string of the molecule is O=C(Nc1cccc(Cl)c1F)c1ccc(=O)[nH]n1. The highest BCUT2D eigenvalue weighted by molar-refractivity contribution is 6.31. The number of aromatic nitrogens is 2. The van der Waals surface area contributed by atoms with E-state index in [1.54, 1.807) is 0 Å². The van der Waals surface area contributed by atoms with Crippen molar-refractivity contribution < 1.29 is 9.18 Å². The molecule has 0 radical (unpaired) electrons. The van der Waals surface area contributed by atoms with Crippen molar-refractivity contribution in [2.75, 3.05) is 5.32 Å². The number of hydrogen-bond acceptors (Lipinski definition) is 3. The number of nitrogens with one attached hydrogen (secondary N) is 2. The molecular formula is C11H7ClFN3O2. The molecule has 2 N–H and O–H groups in total. The number of benzene rings is 1. The van der Waals surface area contributed by atoms with E-state index in [9.17, 15) is 14.0 Å². The molecule has 0 aliphatic carbocycles. The van der Waals surface area contributed by atoms with Gasteiger partial charge in [0.25, 0.3) is 11.5 Å². The van der Waals surface area contributed by atoms with E-state index in [0.29, 0.717) is 0 Å². The lowest BCUT2D eigenvalue weighted by Gasteiger charge is -2.06. The molecule has 2 aromatic rings. The Morgan fingerprint density at radius 3 is 2.78 bits per heavy atom. The van der Waals surface area contributed by atoms with E-state index >= 15 is 0 Å². The lowest BCUT2D eigenvalue weighted by atomic mass is 10.3. The van der Waals surface area contributed by atoms with Gasteiger partial charge in [0.05, 0.1) is 10.7 Å². The largest absolute Gasteiger partial charge is 0.318 e. The highest BCUT2D eigenvalue weighted by atomic mass is 35.5. The number of carbonyl (C=O) groups is 1. The minimum Gasteiger partial charge on any atom is -0.318 e. The van der Waals surface area contributed by atoms with Crippen LogP contribution in [0.25, 0.3) is 0 Å². The first-order valence-electron chi connectivity index (χ1n) is 4.89. The number of rotatable bonds is 2. The maximum Gasteiger partial charge on any atom is 0.276 e. The van der Waals surface area contributed by atoms with Crippen molar-refractivity contribution in [3.8, 4) is 0 Å². The van der Waals surface area contributed by atoms with Crippen LogP contribution in [0.3, 0.4) is 0 Å². The van der Waals surface area contributed by atoms with E-state index < -0.39 is 17.3 Å². The molecule has 1 aromatic carbocycles. The van der Waals surface area contributed by atoms with Gasteiger partial charge in [0.1, 0.15) is 5.69 Å². The van der Waals surface area contributed by atoms with E-state index in [2.05, 4.69) is 15.5 Å².